The molecule has 7 heteroatoms. The van der Waals surface area contributed by atoms with Crippen LogP contribution >= 0.6 is 0 Å². The molecule has 2 rings (SSSR count). The molecule has 7 nitrogen and oxygen atoms in total. The maximum atomic E-state index is 11.5. The van der Waals surface area contributed by atoms with Crippen LogP contribution in [0.1, 0.15) is 16.2 Å². The topological polar surface area (TPSA) is 106 Å². The first-order valence-electron chi connectivity index (χ1n) is 5.81. The van der Waals surface area contributed by atoms with Crippen molar-refractivity contribution < 1.29 is 9.32 Å². The fourth-order valence-corrected chi connectivity index (χ4v) is 1.61. The highest BCUT2D eigenvalue weighted by Gasteiger charge is 2.07. The highest BCUT2D eigenvalue weighted by Crippen LogP contribution is 2.19. The van der Waals surface area contributed by atoms with Crippen molar-refractivity contribution in [2.75, 3.05) is 24.6 Å². The maximum Gasteiger partial charge on any atom is 0.251 e. The van der Waals surface area contributed by atoms with Gasteiger partial charge in [-0.25, -0.2) is 0 Å². The summed E-state index contributed by atoms with van der Waals surface area (Å²) in [5, 5.41) is 9.23. The third-order valence-electron chi connectivity index (χ3n) is 2.60. The van der Waals surface area contributed by atoms with Gasteiger partial charge in [-0.15, -0.1) is 0 Å². The number of aromatic nitrogens is 2. The monoisotopic (exact) mass is 261 g/mol. The summed E-state index contributed by atoms with van der Waals surface area (Å²) in [6, 6.07) is 5.08. The van der Waals surface area contributed by atoms with Crippen molar-refractivity contribution in [1.29, 1.82) is 0 Å². The molecule has 2 aromatic rings. The third kappa shape index (κ3) is 3.21. The lowest BCUT2D eigenvalue weighted by Crippen LogP contribution is -2.18. The molecule has 100 valence electrons. The Labute approximate surface area is 110 Å². The molecule has 0 aliphatic carbocycles. The van der Waals surface area contributed by atoms with Gasteiger partial charge in [-0.3, -0.25) is 4.79 Å². The van der Waals surface area contributed by atoms with E-state index in [9.17, 15) is 4.79 Å². The summed E-state index contributed by atoms with van der Waals surface area (Å²) >= 11 is 0. The number of nitrogen functional groups attached to an aromatic ring is 1. The molecule has 1 amide bonds. The lowest BCUT2D eigenvalue weighted by Gasteiger charge is -2.10. The number of nitrogens with zero attached hydrogens (tertiary/aromatic N) is 2. The third-order valence-corrected chi connectivity index (χ3v) is 2.60. The molecule has 19 heavy (non-hydrogen) atoms. The first-order chi connectivity index (χ1) is 9.20. The van der Waals surface area contributed by atoms with Crippen LogP contribution in [0.25, 0.3) is 0 Å². The van der Waals surface area contributed by atoms with Crippen LogP contribution in [0, 0.1) is 0 Å². The van der Waals surface area contributed by atoms with Crippen LogP contribution in [-0.2, 0) is 6.42 Å². The number of amides is 1. The Hall–Kier alpha value is -2.57. The SMILES string of the molecule is CNC(=O)c1ccc(N)c(NCCc2ncno2)c1. The van der Waals surface area contributed by atoms with E-state index in [1.54, 1.807) is 25.2 Å². The number of nitrogens with two attached hydrogens (primary N) is 1. The predicted octanol–water partition coefficient (Wildman–Crippen LogP) is 0.666. The van der Waals surface area contributed by atoms with Gasteiger partial charge in [0.1, 0.15) is 0 Å². The van der Waals surface area contributed by atoms with E-state index in [0.717, 1.165) is 0 Å². The van der Waals surface area contributed by atoms with Crippen LogP contribution < -0.4 is 16.4 Å². The normalized spacial score (nSPS) is 10.2. The number of hydrogen-bond acceptors (Lipinski definition) is 6. The number of nitrogens with one attached hydrogen (secondary N) is 2. The molecule has 0 saturated carbocycles. The Morgan fingerprint density at radius 3 is 3.00 bits per heavy atom. The number of anilines is 2. The van der Waals surface area contributed by atoms with E-state index in [0.29, 0.717) is 35.8 Å². The fourth-order valence-electron chi connectivity index (χ4n) is 1.61. The Morgan fingerprint density at radius 1 is 1.47 bits per heavy atom. The quantitative estimate of drug-likeness (QED) is 0.683. The molecule has 4 N–H and O–H groups in total. The number of benzene rings is 1. The molecule has 1 heterocycles. The van der Waals surface area contributed by atoms with Crippen molar-refractivity contribution in [1.82, 2.24) is 15.5 Å². The van der Waals surface area contributed by atoms with Crippen molar-refractivity contribution in [2.45, 2.75) is 6.42 Å². The zero-order valence-electron chi connectivity index (χ0n) is 10.5. The molecule has 0 aliphatic heterocycles. The van der Waals surface area contributed by atoms with Gasteiger partial charge in [0, 0.05) is 25.6 Å². The molecule has 0 spiro atoms. The van der Waals surface area contributed by atoms with Crippen molar-refractivity contribution >= 4 is 17.3 Å². The Morgan fingerprint density at radius 2 is 2.32 bits per heavy atom. The van der Waals surface area contributed by atoms with Crippen molar-refractivity contribution in [3.63, 3.8) is 0 Å². The van der Waals surface area contributed by atoms with E-state index in [4.69, 9.17) is 10.3 Å². The summed E-state index contributed by atoms with van der Waals surface area (Å²) in [4.78, 5) is 15.4. The first-order valence-corrected chi connectivity index (χ1v) is 5.81. The second-order valence-corrected chi connectivity index (χ2v) is 3.89. The minimum Gasteiger partial charge on any atom is -0.397 e. The summed E-state index contributed by atoms with van der Waals surface area (Å²) < 4.78 is 4.88. The van der Waals surface area contributed by atoms with E-state index >= 15 is 0 Å². The highest BCUT2D eigenvalue weighted by molar-refractivity contribution is 5.96. The summed E-state index contributed by atoms with van der Waals surface area (Å²) in [5.41, 5.74) is 7.69. The average Bonchev–Trinajstić information content (AvgIpc) is 2.93. The second kappa shape index (κ2) is 5.85. The largest absolute Gasteiger partial charge is 0.397 e. The van der Waals surface area contributed by atoms with Crippen molar-refractivity contribution in [3.05, 3.63) is 36.0 Å². The lowest BCUT2D eigenvalue weighted by molar-refractivity contribution is 0.0963. The molecule has 0 saturated heterocycles. The minimum atomic E-state index is -0.153. The zero-order valence-corrected chi connectivity index (χ0v) is 10.5. The number of carbonyl (C=O) groups excluding carboxylic acids is 1. The van der Waals surface area contributed by atoms with Gasteiger partial charge in [-0.05, 0) is 18.2 Å². The van der Waals surface area contributed by atoms with Gasteiger partial charge in [0.15, 0.2) is 6.33 Å². The van der Waals surface area contributed by atoms with E-state index in [1.807, 2.05) is 0 Å². The molecule has 0 unspecified atom stereocenters. The average molecular weight is 261 g/mol. The molecule has 1 aromatic heterocycles. The second-order valence-electron chi connectivity index (χ2n) is 3.89. The summed E-state index contributed by atoms with van der Waals surface area (Å²) in [5.74, 6) is 0.397. The Bertz CT molecular complexity index is 553. The van der Waals surface area contributed by atoms with E-state index in [-0.39, 0.29) is 5.91 Å². The molecular weight excluding hydrogens is 246 g/mol. The minimum absolute atomic E-state index is 0.153. The molecule has 0 fully saturated rings. The van der Waals surface area contributed by atoms with Crippen LogP contribution in [0.4, 0.5) is 11.4 Å². The van der Waals surface area contributed by atoms with Crippen molar-refractivity contribution in [3.8, 4) is 0 Å². The lowest BCUT2D eigenvalue weighted by atomic mass is 10.1. The summed E-state index contributed by atoms with van der Waals surface area (Å²) in [6.07, 6.45) is 1.94. The molecule has 0 bridgehead atoms. The Balaban J connectivity index is 2.00. The van der Waals surface area contributed by atoms with Crippen LogP contribution in [0.15, 0.2) is 29.0 Å². The molecule has 1 aromatic carbocycles. The van der Waals surface area contributed by atoms with Crippen LogP contribution in [0.3, 0.4) is 0 Å². The van der Waals surface area contributed by atoms with E-state index in [2.05, 4.69) is 20.8 Å². The van der Waals surface area contributed by atoms with E-state index < -0.39 is 0 Å². The first kappa shape index (κ1) is 12.9. The number of carbonyl (C=O) groups is 1. The van der Waals surface area contributed by atoms with Crippen LogP contribution in [-0.4, -0.2) is 29.6 Å². The maximum absolute atomic E-state index is 11.5. The fraction of sp³-hybridized carbons (Fsp3) is 0.250. The van der Waals surface area contributed by atoms with Gasteiger partial charge in [0.2, 0.25) is 5.89 Å². The standard InChI is InChI=1S/C12H15N5O2/c1-14-12(18)8-2-3-9(13)10(6-8)15-5-4-11-16-7-17-19-11/h2-3,6-7,15H,4-5,13H2,1H3,(H,14,18). The summed E-state index contributed by atoms with van der Waals surface area (Å²) in [7, 11) is 1.58. The highest BCUT2D eigenvalue weighted by atomic mass is 16.5. The summed E-state index contributed by atoms with van der Waals surface area (Å²) in [6.45, 7) is 0.587. The van der Waals surface area contributed by atoms with Crippen LogP contribution in [0.2, 0.25) is 0 Å². The predicted molar refractivity (Wildman–Crippen MR) is 70.7 cm³/mol. The number of hydrogen-bond donors (Lipinski definition) is 3. The van der Waals surface area contributed by atoms with Gasteiger partial charge in [-0.1, -0.05) is 5.16 Å². The van der Waals surface area contributed by atoms with Gasteiger partial charge in [-0.2, -0.15) is 4.98 Å². The molecule has 0 aliphatic rings. The number of rotatable bonds is 5. The smallest absolute Gasteiger partial charge is 0.251 e. The molecule has 0 atom stereocenters. The van der Waals surface area contributed by atoms with E-state index in [1.165, 1.54) is 6.33 Å². The zero-order chi connectivity index (χ0) is 13.7. The van der Waals surface area contributed by atoms with Gasteiger partial charge < -0.3 is 20.9 Å². The molecular formula is C12H15N5O2. The van der Waals surface area contributed by atoms with Crippen molar-refractivity contribution in [2.24, 2.45) is 0 Å². The van der Waals surface area contributed by atoms with Gasteiger partial charge >= 0.3 is 0 Å². The van der Waals surface area contributed by atoms with Crippen LogP contribution in [0.5, 0.6) is 0 Å². The van der Waals surface area contributed by atoms with Gasteiger partial charge in [0.25, 0.3) is 5.91 Å². The molecule has 0 radical (unpaired) electrons. The Kier molecular flexibility index (Phi) is 3.97. The van der Waals surface area contributed by atoms with Gasteiger partial charge in [0.05, 0.1) is 11.4 Å².